The molecule has 11 rings (SSSR count). The molecule has 2 nitrogen and oxygen atoms in total. The van der Waals surface area contributed by atoms with Crippen molar-refractivity contribution in [3.05, 3.63) is 267 Å². The summed E-state index contributed by atoms with van der Waals surface area (Å²) < 4.78 is 16.8. The van der Waals surface area contributed by atoms with Crippen LogP contribution in [0, 0.1) is 5.82 Å². The van der Waals surface area contributed by atoms with Crippen molar-refractivity contribution < 1.29 is 4.39 Å². The Kier molecular flexibility index (Phi) is 10.1. The zero-order valence-electron chi connectivity index (χ0n) is 35.1. The molecule has 0 atom stereocenters. The van der Waals surface area contributed by atoms with Gasteiger partial charge in [-0.05, 0) is 116 Å². The van der Waals surface area contributed by atoms with E-state index in [1.807, 2.05) is 12.1 Å². The van der Waals surface area contributed by atoms with Crippen LogP contribution in [0.2, 0.25) is 0 Å². The lowest BCUT2D eigenvalue weighted by Gasteiger charge is -2.34. The van der Waals surface area contributed by atoms with Crippen molar-refractivity contribution in [3.63, 3.8) is 0 Å². The van der Waals surface area contributed by atoms with Gasteiger partial charge in [-0.25, -0.2) is 4.39 Å². The van der Waals surface area contributed by atoms with E-state index in [4.69, 9.17) is 0 Å². The number of nitrogens with zero attached hydrogens (tertiary/aromatic N) is 2. The van der Waals surface area contributed by atoms with Crippen molar-refractivity contribution in [2.24, 2.45) is 0 Å². The van der Waals surface area contributed by atoms with E-state index < -0.39 is 8.07 Å². The minimum absolute atomic E-state index is 0.259. The Morgan fingerprint density at radius 1 is 0.312 bits per heavy atom. The molecule has 0 fully saturated rings. The number of rotatable bonds is 10. The molecule has 0 saturated carbocycles. The summed E-state index contributed by atoms with van der Waals surface area (Å²) in [4.78, 5) is 2.35. The highest BCUT2D eigenvalue weighted by molar-refractivity contribution is 7.20. The van der Waals surface area contributed by atoms with Gasteiger partial charge in [0.25, 0.3) is 0 Å². The molecule has 64 heavy (non-hydrogen) atoms. The maximum Gasteiger partial charge on any atom is 0.179 e. The summed E-state index contributed by atoms with van der Waals surface area (Å²) in [5.74, 6) is -0.259. The molecule has 0 spiro atoms. The van der Waals surface area contributed by atoms with E-state index in [-0.39, 0.29) is 5.82 Å². The van der Waals surface area contributed by atoms with Crippen LogP contribution >= 0.6 is 0 Å². The van der Waals surface area contributed by atoms with Gasteiger partial charge in [0.15, 0.2) is 8.07 Å². The van der Waals surface area contributed by atoms with Crippen molar-refractivity contribution >= 4 is 67.7 Å². The number of fused-ring (bicyclic) bond motifs is 3. The maximum atomic E-state index is 14.5. The molecule has 304 valence electrons. The monoisotopic (exact) mass is 838 g/mol. The molecule has 0 unspecified atom stereocenters. The summed E-state index contributed by atoms with van der Waals surface area (Å²) in [5.41, 5.74) is 10.8. The van der Waals surface area contributed by atoms with Crippen LogP contribution in [0.4, 0.5) is 21.5 Å². The third-order valence-electron chi connectivity index (χ3n) is 12.6. The number of halogens is 1. The second-order valence-electron chi connectivity index (χ2n) is 16.3. The van der Waals surface area contributed by atoms with Gasteiger partial charge in [-0.15, -0.1) is 0 Å². The molecule has 1 heterocycles. The Morgan fingerprint density at radius 2 is 0.688 bits per heavy atom. The molecule has 0 N–H and O–H groups in total. The van der Waals surface area contributed by atoms with Gasteiger partial charge in [0.2, 0.25) is 0 Å². The zero-order valence-corrected chi connectivity index (χ0v) is 36.1. The van der Waals surface area contributed by atoms with Gasteiger partial charge in [0.05, 0.1) is 11.0 Å². The SMILES string of the molecule is Fc1ccc(-n2c3ccc(N(c4ccc(-c5ccccc5)cc4)c4ccc(-c5ccccc5)cc4)cc3c3cc([Si](c4ccccc4)(c4ccccc4)c4ccccc4)ccc32)cc1. The van der Waals surface area contributed by atoms with Crippen molar-refractivity contribution in [3.8, 4) is 27.9 Å². The highest BCUT2D eigenvalue weighted by atomic mass is 28.3. The topological polar surface area (TPSA) is 8.17 Å². The Balaban J connectivity index is 1.16. The zero-order chi connectivity index (χ0) is 42.9. The largest absolute Gasteiger partial charge is 0.310 e. The van der Waals surface area contributed by atoms with Crippen LogP contribution in [0.1, 0.15) is 0 Å². The third kappa shape index (κ3) is 6.91. The molecule has 11 aromatic rings. The summed E-state index contributed by atoms with van der Waals surface area (Å²) in [5, 5.41) is 7.49. The smallest absolute Gasteiger partial charge is 0.179 e. The van der Waals surface area contributed by atoms with Gasteiger partial charge < -0.3 is 9.47 Å². The van der Waals surface area contributed by atoms with Crippen molar-refractivity contribution in [1.82, 2.24) is 4.57 Å². The number of benzene rings is 10. The Morgan fingerprint density at radius 3 is 1.14 bits per heavy atom. The molecule has 10 aromatic carbocycles. The van der Waals surface area contributed by atoms with Crippen LogP contribution in [0.15, 0.2) is 261 Å². The Labute approximate surface area is 374 Å². The van der Waals surface area contributed by atoms with Crippen LogP contribution in [0.5, 0.6) is 0 Å². The highest BCUT2D eigenvalue weighted by Crippen LogP contribution is 2.41. The average Bonchev–Trinajstić information content (AvgIpc) is 3.69. The third-order valence-corrected chi connectivity index (χ3v) is 17.4. The second-order valence-corrected chi connectivity index (χ2v) is 20.1. The lowest BCUT2D eigenvalue weighted by atomic mass is 10.0. The first-order valence-electron chi connectivity index (χ1n) is 21.8. The molecule has 0 radical (unpaired) electrons. The molecule has 0 aliphatic rings. The maximum absolute atomic E-state index is 14.5. The van der Waals surface area contributed by atoms with Gasteiger partial charge in [-0.1, -0.05) is 188 Å². The summed E-state index contributed by atoms with van der Waals surface area (Å²) in [6, 6.07) is 92.7. The first kappa shape index (κ1) is 38.8. The normalized spacial score (nSPS) is 11.5. The predicted octanol–water partition coefficient (Wildman–Crippen LogP) is 13.1. The van der Waals surface area contributed by atoms with E-state index in [0.717, 1.165) is 55.7 Å². The van der Waals surface area contributed by atoms with Crippen molar-refractivity contribution in [2.75, 3.05) is 4.90 Å². The first-order valence-corrected chi connectivity index (χ1v) is 23.8. The summed E-state index contributed by atoms with van der Waals surface area (Å²) >= 11 is 0. The van der Waals surface area contributed by atoms with Gasteiger partial charge in [0.1, 0.15) is 5.82 Å². The van der Waals surface area contributed by atoms with E-state index in [1.54, 1.807) is 12.1 Å². The van der Waals surface area contributed by atoms with Crippen LogP contribution in [-0.4, -0.2) is 12.6 Å². The standard InChI is InChI=1S/C60H43FN2Si/c61-48-30-36-51(37-31-48)63-59-40-38-52(62(49-32-26-46(27-33-49)44-16-6-1-7-17-44)50-34-28-47(29-35-50)45-18-8-2-9-19-45)42-57(59)58-43-56(39-41-60(58)63)64(53-20-10-3-11-21-53,54-22-12-4-13-23-54)55-24-14-5-15-25-55/h1-43H. The van der Waals surface area contributed by atoms with Crippen molar-refractivity contribution in [2.45, 2.75) is 0 Å². The molecule has 0 bridgehead atoms. The second kappa shape index (κ2) is 16.7. The van der Waals surface area contributed by atoms with Crippen LogP contribution in [0.25, 0.3) is 49.7 Å². The molecule has 0 saturated heterocycles. The van der Waals surface area contributed by atoms with Crippen LogP contribution in [-0.2, 0) is 0 Å². The van der Waals surface area contributed by atoms with Crippen molar-refractivity contribution in [1.29, 1.82) is 0 Å². The van der Waals surface area contributed by atoms with Crippen LogP contribution < -0.4 is 25.6 Å². The molecule has 0 aliphatic heterocycles. The van der Waals surface area contributed by atoms with E-state index in [9.17, 15) is 4.39 Å². The molecule has 1 aromatic heterocycles. The van der Waals surface area contributed by atoms with Crippen LogP contribution in [0.3, 0.4) is 0 Å². The number of hydrogen-bond acceptors (Lipinski definition) is 1. The van der Waals surface area contributed by atoms with E-state index in [2.05, 4.69) is 246 Å². The van der Waals surface area contributed by atoms with Gasteiger partial charge in [-0.2, -0.15) is 0 Å². The average molecular weight is 839 g/mol. The molecule has 4 heteroatoms. The number of aromatic nitrogens is 1. The van der Waals surface area contributed by atoms with E-state index >= 15 is 0 Å². The lowest BCUT2D eigenvalue weighted by molar-refractivity contribution is 0.627. The Bertz CT molecular complexity index is 3160. The van der Waals surface area contributed by atoms with E-state index in [1.165, 1.54) is 31.9 Å². The molecule has 0 amide bonds. The number of hydrogen-bond donors (Lipinski definition) is 0. The minimum Gasteiger partial charge on any atom is -0.310 e. The predicted molar refractivity (Wildman–Crippen MR) is 270 cm³/mol. The highest BCUT2D eigenvalue weighted by Gasteiger charge is 2.41. The lowest BCUT2D eigenvalue weighted by Crippen LogP contribution is -2.74. The van der Waals surface area contributed by atoms with E-state index in [0.29, 0.717) is 0 Å². The number of anilines is 3. The van der Waals surface area contributed by atoms with Gasteiger partial charge >= 0.3 is 0 Å². The molecular formula is C60H43FN2Si. The summed E-state index contributed by atoms with van der Waals surface area (Å²) in [7, 11) is -2.86. The fourth-order valence-electron chi connectivity index (χ4n) is 9.63. The first-order chi connectivity index (χ1) is 31.6. The summed E-state index contributed by atoms with van der Waals surface area (Å²) in [6.45, 7) is 0. The minimum atomic E-state index is -2.86. The summed E-state index contributed by atoms with van der Waals surface area (Å²) in [6.07, 6.45) is 0. The molecule has 0 aliphatic carbocycles. The van der Waals surface area contributed by atoms with Gasteiger partial charge in [0, 0.05) is 33.5 Å². The molecular weight excluding hydrogens is 796 g/mol. The Hall–Kier alpha value is -8.05. The quantitative estimate of drug-likeness (QED) is 0.0984. The fraction of sp³-hybridized carbons (Fsp3) is 0. The fourth-order valence-corrected chi connectivity index (χ4v) is 14.4. The van der Waals surface area contributed by atoms with Gasteiger partial charge in [-0.3, -0.25) is 0 Å².